The summed E-state index contributed by atoms with van der Waals surface area (Å²) in [4.78, 5) is 5.67. The summed E-state index contributed by atoms with van der Waals surface area (Å²) in [6, 6.07) is 87.7. The second-order valence-electron chi connectivity index (χ2n) is 18.0. The number of para-hydroxylation sites is 4. The van der Waals surface area contributed by atoms with Crippen LogP contribution < -0.4 is 10.6 Å². The minimum absolute atomic E-state index is 0.234. The average Bonchev–Trinajstić information content (AvgIpc) is 4.08. The van der Waals surface area contributed by atoms with Gasteiger partial charge >= 0.3 is 0 Å². The molecule has 0 saturated heterocycles. The van der Waals surface area contributed by atoms with Crippen LogP contribution in [0.3, 0.4) is 0 Å². The Kier molecular flexibility index (Phi) is 9.00. The maximum atomic E-state index is 5.67. The molecule has 0 spiro atoms. The number of fused-ring (bicyclic) bond motifs is 10. The number of aliphatic imine (C=N–C) groups is 1. The lowest BCUT2D eigenvalue weighted by Crippen LogP contribution is -2.47. The molecule has 2 atom stereocenters. The van der Waals surface area contributed by atoms with Gasteiger partial charge in [-0.3, -0.25) is 9.88 Å². The summed E-state index contributed by atoms with van der Waals surface area (Å²) in [5.74, 6) is 0.775. The summed E-state index contributed by atoms with van der Waals surface area (Å²) >= 11 is 0. The van der Waals surface area contributed by atoms with Crippen LogP contribution in [0.2, 0.25) is 0 Å². The molecule has 0 aliphatic carbocycles. The highest BCUT2D eigenvalue weighted by Crippen LogP contribution is 2.45. The second-order valence-corrected chi connectivity index (χ2v) is 18.0. The van der Waals surface area contributed by atoms with Gasteiger partial charge in [-0.1, -0.05) is 200 Å². The lowest BCUT2D eigenvalue weighted by atomic mass is 10.0. The number of rotatable bonds is 6. The van der Waals surface area contributed by atoms with Gasteiger partial charge in [-0.15, -0.1) is 0 Å². The van der Waals surface area contributed by atoms with Crippen LogP contribution in [0.15, 0.2) is 248 Å². The summed E-state index contributed by atoms with van der Waals surface area (Å²) in [6.45, 7) is 0. The van der Waals surface area contributed by atoms with Gasteiger partial charge in [-0.25, -0.2) is 4.99 Å². The molecule has 2 unspecified atom stereocenters. The smallest absolute Gasteiger partial charge is 0.206 e. The molecular weight excluding hydrogens is 841 g/mol. The fourth-order valence-corrected chi connectivity index (χ4v) is 11.0. The zero-order valence-electron chi connectivity index (χ0n) is 37.5. The predicted molar refractivity (Wildman–Crippen MR) is 286 cm³/mol. The number of nitrogens with zero attached hydrogens (tertiary/aromatic N) is 4. The van der Waals surface area contributed by atoms with Crippen molar-refractivity contribution in [1.29, 1.82) is 0 Å². The first-order valence-corrected chi connectivity index (χ1v) is 23.7. The molecule has 6 nitrogen and oxygen atoms in total. The second kappa shape index (κ2) is 15.8. The van der Waals surface area contributed by atoms with E-state index in [-0.39, 0.29) is 12.3 Å². The van der Waals surface area contributed by atoms with Gasteiger partial charge < -0.3 is 14.5 Å². The fraction of sp³-hybridized carbons (Fsp3) is 0.0317. The van der Waals surface area contributed by atoms with Gasteiger partial charge in [0.2, 0.25) is 5.96 Å². The van der Waals surface area contributed by atoms with E-state index in [9.17, 15) is 0 Å². The highest BCUT2D eigenvalue weighted by Gasteiger charge is 2.30. The lowest BCUT2D eigenvalue weighted by molar-refractivity contribution is 0.403. The van der Waals surface area contributed by atoms with Crippen LogP contribution in [0.5, 0.6) is 0 Å². The van der Waals surface area contributed by atoms with E-state index in [1.807, 2.05) is 0 Å². The van der Waals surface area contributed by atoms with Crippen LogP contribution in [0.1, 0.15) is 23.5 Å². The van der Waals surface area contributed by atoms with Crippen molar-refractivity contribution in [3.63, 3.8) is 0 Å². The summed E-state index contributed by atoms with van der Waals surface area (Å²) in [5, 5.41) is 14.9. The number of aromatic nitrogens is 3. The van der Waals surface area contributed by atoms with E-state index < -0.39 is 0 Å². The Balaban J connectivity index is 1.10. The molecule has 1 aliphatic rings. The number of hydrogen-bond acceptors (Lipinski definition) is 3. The van der Waals surface area contributed by atoms with Crippen LogP contribution in [-0.4, -0.2) is 19.7 Å². The van der Waals surface area contributed by atoms with Gasteiger partial charge in [0.05, 0.1) is 38.8 Å². The zero-order chi connectivity index (χ0) is 45.4. The molecule has 0 radical (unpaired) electrons. The maximum absolute atomic E-state index is 5.67. The van der Waals surface area contributed by atoms with Gasteiger partial charge in [0.1, 0.15) is 12.3 Å². The van der Waals surface area contributed by atoms with E-state index in [0.717, 1.165) is 77.9 Å². The van der Waals surface area contributed by atoms with Crippen molar-refractivity contribution >= 4 is 71.4 Å². The molecule has 326 valence electrons. The Morgan fingerprint density at radius 3 is 1.43 bits per heavy atom. The van der Waals surface area contributed by atoms with E-state index >= 15 is 0 Å². The number of benzene rings is 10. The summed E-state index contributed by atoms with van der Waals surface area (Å²) < 4.78 is 7.41. The minimum atomic E-state index is -0.346. The molecule has 69 heavy (non-hydrogen) atoms. The standard InChI is InChI=1S/C63H44N6/c1-5-19-41(20-6-1)43-33-35-45(36-34-43)62-64-61(44-23-9-3-10-24-44)65-63(66-62)69-56-32-18-14-28-49(56)52-38-37-51-48-27-13-17-31-55(48)68(59(51)60(52)69)57-40-46(42-21-7-2-8-22-42)39-53-50-29-15-16-30-54(50)67(58(53)57)47-25-11-4-12-26-47/h1-40,61-62,64H,(H,65,66). The third-order valence-corrected chi connectivity index (χ3v) is 14.1. The van der Waals surface area contributed by atoms with Crippen molar-refractivity contribution in [1.82, 2.24) is 24.3 Å². The SMILES string of the molecule is c1ccc(-c2ccc(C3N=C(n4c5ccccc5c5ccc6c7ccccc7n(-c7cc(-c8ccccc8)cc8c9ccccc9n(-c9ccccc9)c78)c6c54)NC(c4ccccc4)N3)cc2)cc1. The topological polar surface area (TPSA) is 51.2 Å². The van der Waals surface area contributed by atoms with Crippen LogP contribution in [0.25, 0.3) is 99.0 Å². The van der Waals surface area contributed by atoms with Gasteiger partial charge in [-0.05, 0) is 75.8 Å². The zero-order valence-corrected chi connectivity index (χ0v) is 37.5. The first-order chi connectivity index (χ1) is 34.2. The number of hydrogen-bond donors (Lipinski definition) is 2. The number of nitrogens with one attached hydrogen (secondary N) is 2. The third kappa shape index (κ3) is 6.27. The van der Waals surface area contributed by atoms with Gasteiger partial charge in [0.25, 0.3) is 0 Å². The molecule has 1 aliphatic heterocycles. The Bertz CT molecular complexity index is 4110. The van der Waals surface area contributed by atoms with E-state index in [4.69, 9.17) is 4.99 Å². The van der Waals surface area contributed by atoms with E-state index in [1.54, 1.807) is 0 Å². The molecule has 14 rings (SSSR count). The van der Waals surface area contributed by atoms with E-state index in [0.29, 0.717) is 0 Å². The Labute approximate surface area is 398 Å². The summed E-state index contributed by atoms with van der Waals surface area (Å²) in [6.07, 6.45) is -0.580. The Morgan fingerprint density at radius 2 is 0.812 bits per heavy atom. The minimum Gasteiger partial charge on any atom is -0.336 e. The van der Waals surface area contributed by atoms with Crippen molar-refractivity contribution < 1.29 is 0 Å². The van der Waals surface area contributed by atoms with Gasteiger partial charge in [-0.2, -0.15) is 0 Å². The van der Waals surface area contributed by atoms with Crippen molar-refractivity contribution in [2.24, 2.45) is 4.99 Å². The monoisotopic (exact) mass is 884 g/mol. The van der Waals surface area contributed by atoms with Gasteiger partial charge in [0, 0.05) is 38.0 Å². The van der Waals surface area contributed by atoms with E-state index in [1.165, 1.54) is 38.2 Å². The molecule has 4 heterocycles. The van der Waals surface area contributed by atoms with Crippen LogP contribution in [-0.2, 0) is 0 Å². The largest absolute Gasteiger partial charge is 0.336 e. The van der Waals surface area contributed by atoms with E-state index in [2.05, 4.69) is 267 Å². The average molecular weight is 885 g/mol. The molecule has 0 bridgehead atoms. The van der Waals surface area contributed by atoms with Gasteiger partial charge in [0.15, 0.2) is 0 Å². The molecule has 0 fully saturated rings. The molecule has 2 N–H and O–H groups in total. The van der Waals surface area contributed by atoms with Crippen molar-refractivity contribution in [2.45, 2.75) is 12.3 Å². The molecular formula is C63H44N6. The fourth-order valence-electron chi connectivity index (χ4n) is 11.0. The van der Waals surface area contributed by atoms with Crippen LogP contribution in [0, 0.1) is 0 Å². The maximum Gasteiger partial charge on any atom is 0.206 e. The summed E-state index contributed by atoms with van der Waals surface area (Å²) in [7, 11) is 0. The molecule has 3 aromatic heterocycles. The van der Waals surface area contributed by atoms with Crippen molar-refractivity contribution in [3.8, 4) is 33.6 Å². The van der Waals surface area contributed by atoms with Crippen LogP contribution >= 0.6 is 0 Å². The van der Waals surface area contributed by atoms with Crippen LogP contribution in [0.4, 0.5) is 0 Å². The lowest BCUT2D eigenvalue weighted by Gasteiger charge is -2.32. The quantitative estimate of drug-likeness (QED) is 0.175. The normalized spacial score (nSPS) is 15.1. The Morgan fingerprint density at radius 1 is 0.333 bits per heavy atom. The molecule has 0 amide bonds. The summed E-state index contributed by atoms with van der Waals surface area (Å²) in [5.41, 5.74) is 15.8. The highest BCUT2D eigenvalue weighted by atomic mass is 15.4. The molecule has 13 aromatic rings. The first-order valence-electron chi connectivity index (χ1n) is 23.7. The first kappa shape index (κ1) is 39.2. The third-order valence-electron chi connectivity index (χ3n) is 14.1. The Hall–Kier alpha value is -8.97. The van der Waals surface area contributed by atoms with Crippen molar-refractivity contribution in [3.05, 3.63) is 254 Å². The molecule has 10 aromatic carbocycles. The van der Waals surface area contributed by atoms with Crippen molar-refractivity contribution in [2.75, 3.05) is 0 Å². The molecule has 0 saturated carbocycles. The predicted octanol–water partition coefficient (Wildman–Crippen LogP) is 15.1. The molecule has 6 heteroatoms. The highest BCUT2D eigenvalue weighted by molar-refractivity contribution is 6.26.